The fourth-order valence-electron chi connectivity index (χ4n) is 2.25. The van der Waals surface area contributed by atoms with Gasteiger partial charge in [-0.25, -0.2) is 13.6 Å². The lowest BCUT2D eigenvalue weighted by Crippen LogP contribution is -2.33. The first-order chi connectivity index (χ1) is 8.90. The molecule has 1 saturated heterocycles. The smallest absolute Gasteiger partial charge is 0.319 e. The summed E-state index contributed by atoms with van der Waals surface area (Å²) in [5, 5.41) is 0. The normalized spacial score (nSPS) is 19.2. The molecule has 4 nitrogen and oxygen atoms in total. The third-order valence-corrected chi connectivity index (χ3v) is 3.17. The van der Waals surface area contributed by atoms with E-state index in [0.29, 0.717) is 0 Å². The molecule has 1 aromatic carbocycles. The van der Waals surface area contributed by atoms with Gasteiger partial charge in [0.1, 0.15) is 17.4 Å². The Morgan fingerprint density at radius 2 is 2.11 bits per heavy atom. The van der Waals surface area contributed by atoms with Crippen LogP contribution in [-0.4, -0.2) is 41.8 Å². The largest absolute Gasteiger partial charge is 0.320 e. The highest BCUT2D eigenvalue weighted by molar-refractivity contribution is 5.85. The molecule has 0 aliphatic carbocycles. The Labute approximate surface area is 109 Å². The van der Waals surface area contributed by atoms with Gasteiger partial charge in [-0.1, -0.05) is 6.07 Å². The van der Waals surface area contributed by atoms with Crippen LogP contribution in [0.1, 0.15) is 18.5 Å². The number of hydrogen-bond acceptors (Lipinski definition) is 2. The number of halogens is 2. The minimum atomic E-state index is -0.686. The first kappa shape index (κ1) is 13.5. The highest BCUT2D eigenvalue weighted by Gasteiger charge is 2.37. The van der Waals surface area contributed by atoms with Gasteiger partial charge in [-0.15, -0.1) is 0 Å². The molecular weight excluding hydrogens is 254 g/mol. The maximum atomic E-state index is 13.7. The van der Waals surface area contributed by atoms with Crippen molar-refractivity contribution in [2.75, 3.05) is 20.1 Å². The zero-order chi connectivity index (χ0) is 14.2. The predicted molar refractivity (Wildman–Crippen MR) is 64.5 cm³/mol. The number of nitrogens with zero attached hydrogens (tertiary/aromatic N) is 2. The maximum Gasteiger partial charge on any atom is 0.320 e. The molecule has 1 heterocycles. The van der Waals surface area contributed by atoms with Crippen LogP contribution in [0.3, 0.4) is 0 Å². The minimum Gasteiger partial charge on any atom is -0.319 e. The zero-order valence-electron chi connectivity index (χ0n) is 10.7. The Kier molecular flexibility index (Phi) is 3.50. The molecule has 2 amide bonds. The van der Waals surface area contributed by atoms with Gasteiger partial charge in [0, 0.05) is 25.2 Å². The van der Waals surface area contributed by atoms with E-state index >= 15 is 0 Å². The number of Topliss-reactive ketones (excluding diaryl/α,β-unsaturated/α-hetero) is 1. The highest BCUT2D eigenvalue weighted by Crippen LogP contribution is 2.29. The van der Waals surface area contributed by atoms with E-state index in [1.165, 1.54) is 29.8 Å². The number of urea groups is 1. The van der Waals surface area contributed by atoms with Crippen molar-refractivity contribution in [1.29, 1.82) is 0 Å². The molecular formula is C13H14F2N2O2. The number of hydrogen-bond donors (Lipinski definition) is 0. The number of benzene rings is 1. The van der Waals surface area contributed by atoms with Crippen LogP contribution in [0.5, 0.6) is 0 Å². The molecule has 0 spiro atoms. The van der Waals surface area contributed by atoms with Gasteiger partial charge in [0.25, 0.3) is 0 Å². The predicted octanol–water partition coefficient (Wildman–Crippen LogP) is 1.96. The third-order valence-electron chi connectivity index (χ3n) is 3.17. The summed E-state index contributed by atoms with van der Waals surface area (Å²) in [6.07, 6.45) is 0. The maximum absolute atomic E-state index is 13.7. The van der Waals surface area contributed by atoms with E-state index < -0.39 is 17.7 Å². The third kappa shape index (κ3) is 2.57. The average Bonchev–Trinajstić information content (AvgIpc) is 2.57. The number of ketones is 1. The molecule has 0 saturated carbocycles. The van der Waals surface area contributed by atoms with Gasteiger partial charge in [-0.2, -0.15) is 0 Å². The molecule has 1 atom stereocenters. The summed E-state index contributed by atoms with van der Waals surface area (Å²) in [6.45, 7) is 1.61. The fourth-order valence-corrected chi connectivity index (χ4v) is 2.25. The molecule has 1 aliphatic heterocycles. The van der Waals surface area contributed by atoms with E-state index in [2.05, 4.69) is 0 Å². The highest BCUT2D eigenvalue weighted by atomic mass is 19.1. The second-order valence-electron chi connectivity index (χ2n) is 4.66. The van der Waals surface area contributed by atoms with Gasteiger partial charge in [0.2, 0.25) is 0 Å². The van der Waals surface area contributed by atoms with Crippen LogP contribution in [0, 0.1) is 11.6 Å². The lowest BCUT2D eigenvalue weighted by molar-refractivity contribution is -0.117. The van der Waals surface area contributed by atoms with Gasteiger partial charge >= 0.3 is 6.03 Å². The molecule has 6 heteroatoms. The summed E-state index contributed by atoms with van der Waals surface area (Å²) >= 11 is 0. The standard InChI is InChI=1S/C13H14F2N2O2/c1-8(18)6-17-7-12(16(2)13(17)19)10-4-3-9(14)5-11(10)15/h3-5,12H,6-7H2,1-2H3. The molecule has 1 unspecified atom stereocenters. The van der Waals surface area contributed by atoms with Gasteiger partial charge < -0.3 is 9.80 Å². The number of carbonyl (C=O) groups excluding carboxylic acids is 2. The van der Waals surface area contributed by atoms with Crippen LogP contribution in [0.4, 0.5) is 13.6 Å². The van der Waals surface area contributed by atoms with Crippen LogP contribution in [0.25, 0.3) is 0 Å². The van der Waals surface area contributed by atoms with Crippen LogP contribution < -0.4 is 0 Å². The Morgan fingerprint density at radius 3 is 2.68 bits per heavy atom. The zero-order valence-corrected chi connectivity index (χ0v) is 10.7. The van der Waals surface area contributed by atoms with Gasteiger partial charge in [-0.3, -0.25) is 4.79 Å². The van der Waals surface area contributed by atoms with Crippen molar-refractivity contribution in [2.45, 2.75) is 13.0 Å². The Morgan fingerprint density at radius 1 is 1.42 bits per heavy atom. The van der Waals surface area contributed by atoms with Gasteiger partial charge in [-0.05, 0) is 13.0 Å². The summed E-state index contributed by atoms with van der Waals surface area (Å²) < 4.78 is 26.6. The SMILES string of the molecule is CC(=O)CN1CC(c2ccc(F)cc2F)N(C)C1=O. The topological polar surface area (TPSA) is 40.6 Å². The molecule has 0 aromatic heterocycles. The van der Waals surface area contributed by atoms with E-state index in [4.69, 9.17) is 0 Å². The molecule has 102 valence electrons. The van der Waals surface area contributed by atoms with Crippen molar-refractivity contribution >= 4 is 11.8 Å². The summed E-state index contributed by atoms with van der Waals surface area (Å²) in [5.41, 5.74) is 0.253. The van der Waals surface area contributed by atoms with Crippen molar-refractivity contribution in [2.24, 2.45) is 0 Å². The number of likely N-dealkylation sites (N-methyl/N-ethyl adjacent to an activating group) is 1. The van der Waals surface area contributed by atoms with Crippen LogP contribution >= 0.6 is 0 Å². The lowest BCUT2D eigenvalue weighted by atomic mass is 10.1. The van der Waals surface area contributed by atoms with E-state index in [1.54, 1.807) is 0 Å². The number of amides is 2. The molecule has 0 bridgehead atoms. The van der Waals surface area contributed by atoms with Crippen LogP contribution in [-0.2, 0) is 4.79 Å². The Bertz CT molecular complexity index is 533. The summed E-state index contributed by atoms with van der Waals surface area (Å²) in [7, 11) is 1.54. The molecule has 0 N–H and O–H groups in total. The van der Waals surface area contributed by atoms with Crippen LogP contribution in [0.2, 0.25) is 0 Å². The van der Waals surface area contributed by atoms with Crippen LogP contribution in [0.15, 0.2) is 18.2 Å². The Hall–Kier alpha value is -1.98. The fraction of sp³-hybridized carbons (Fsp3) is 0.385. The Balaban J connectivity index is 2.26. The molecule has 1 aliphatic rings. The first-order valence-electron chi connectivity index (χ1n) is 5.86. The number of rotatable bonds is 3. The second-order valence-corrected chi connectivity index (χ2v) is 4.66. The quantitative estimate of drug-likeness (QED) is 0.840. The van der Waals surface area contributed by atoms with Crippen molar-refractivity contribution in [3.05, 3.63) is 35.4 Å². The van der Waals surface area contributed by atoms with Crippen molar-refractivity contribution in [3.8, 4) is 0 Å². The second kappa shape index (κ2) is 4.95. The molecule has 0 radical (unpaired) electrons. The summed E-state index contributed by atoms with van der Waals surface area (Å²) in [5.74, 6) is -1.48. The molecule has 1 aromatic rings. The first-order valence-corrected chi connectivity index (χ1v) is 5.86. The van der Waals surface area contributed by atoms with E-state index in [1.807, 2.05) is 0 Å². The summed E-state index contributed by atoms with van der Waals surface area (Å²) in [4.78, 5) is 25.7. The number of carbonyl (C=O) groups is 2. The van der Waals surface area contributed by atoms with Crippen molar-refractivity contribution in [1.82, 2.24) is 9.80 Å². The lowest BCUT2D eigenvalue weighted by Gasteiger charge is -2.18. The van der Waals surface area contributed by atoms with Gasteiger partial charge in [0.05, 0.1) is 12.6 Å². The van der Waals surface area contributed by atoms with Crippen molar-refractivity contribution < 1.29 is 18.4 Å². The summed E-state index contributed by atoms with van der Waals surface area (Å²) in [6, 6.07) is 2.44. The minimum absolute atomic E-state index is 0.00247. The van der Waals surface area contributed by atoms with Gasteiger partial charge in [0.15, 0.2) is 0 Å². The molecule has 19 heavy (non-hydrogen) atoms. The monoisotopic (exact) mass is 268 g/mol. The van der Waals surface area contributed by atoms with E-state index in [-0.39, 0.29) is 30.5 Å². The average molecular weight is 268 g/mol. The van der Waals surface area contributed by atoms with E-state index in [9.17, 15) is 18.4 Å². The van der Waals surface area contributed by atoms with E-state index in [0.717, 1.165) is 12.1 Å². The molecule has 2 rings (SSSR count). The molecule has 1 fully saturated rings. The van der Waals surface area contributed by atoms with Crippen molar-refractivity contribution in [3.63, 3.8) is 0 Å².